The van der Waals surface area contributed by atoms with Crippen LogP contribution in [0.25, 0.3) is 0 Å². The van der Waals surface area contributed by atoms with Crippen molar-refractivity contribution in [2.24, 2.45) is 0 Å². The van der Waals surface area contributed by atoms with Gasteiger partial charge in [0.15, 0.2) is 0 Å². The van der Waals surface area contributed by atoms with E-state index in [-0.39, 0.29) is 6.61 Å². The highest BCUT2D eigenvalue weighted by Crippen LogP contribution is 2.27. The zero-order chi connectivity index (χ0) is 21.7. The van der Waals surface area contributed by atoms with E-state index in [1.165, 1.54) is 6.08 Å². The molecule has 0 saturated carbocycles. The first-order chi connectivity index (χ1) is 14.3. The van der Waals surface area contributed by atoms with Crippen LogP contribution in [-0.4, -0.2) is 35.7 Å². The van der Waals surface area contributed by atoms with Crippen molar-refractivity contribution >= 4 is 12.0 Å². The number of imide groups is 1. The smallest absolute Gasteiger partial charge is 0.418 e. The molecule has 0 aliphatic carbocycles. The maximum Gasteiger partial charge on any atom is 0.418 e. The Morgan fingerprint density at radius 2 is 1.67 bits per heavy atom. The fourth-order valence-electron chi connectivity index (χ4n) is 3.15. The van der Waals surface area contributed by atoms with Crippen molar-refractivity contribution in [1.29, 1.82) is 0 Å². The van der Waals surface area contributed by atoms with E-state index in [0.29, 0.717) is 12.2 Å². The van der Waals surface area contributed by atoms with Crippen LogP contribution in [0.5, 0.6) is 5.75 Å². The molecule has 158 valence electrons. The van der Waals surface area contributed by atoms with E-state index in [1.807, 2.05) is 54.6 Å². The van der Waals surface area contributed by atoms with Crippen molar-refractivity contribution in [2.45, 2.75) is 45.4 Å². The molecular weight excluding hydrogens is 382 g/mol. The molecule has 6 heteroatoms. The number of carbonyl (C=O) groups is 2. The maximum atomic E-state index is 12.7. The second-order valence-electron chi connectivity index (χ2n) is 8.08. The van der Waals surface area contributed by atoms with Gasteiger partial charge in [0.05, 0.1) is 7.11 Å². The standard InChI is InChI=1S/C24H27NO5/c1-24(2,3)30-23(27)25-20(14-17-8-6-5-7-9-17)21(15-22(25)26)29-16-18-10-12-19(28-4)13-11-18/h5-13,15,20H,14,16H2,1-4H3/t20-/m0/s1. The van der Waals surface area contributed by atoms with Crippen LogP contribution < -0.4 is 4.74 Å². The summed E-state index contributed by atoms with van der Waals surface area (Å²) >= 11 is 0. The van der Waals surface area contributed by atoms with E-state index in [4.69, 9.17) is 14.2 Å². The summed E-state index contributed by atoms with van der Waals surface area (Å²) in [6.45, 7) is 5.58. The summed E-state index contributed by atoms with van der Waals surface area (Å²) in [4.78, 5) is 26.5. The van der Waals surface area contributed by atoms with Crippen LogP contribution in [0.1, 0.15) is 31.9 Å². The van der Waals surface area contributed by atoms with Gasteiger partial charge in [-0.15, -0.1) is 0 Å². The third kappa shape index (κ3) is 5.41. The Hall–Kier alpha value is -3.28. The summed E-state index contributed by atoms with van der Waals surface area (Å²) in [6.07, 6.45) is 1.15. The Morgan fingerprint density at radius 1 is 1.00 bits per heavy atom. The Morgan fingerprint density at radius 3 is 2.27 bits per heavy atom. The first kappa shape index (κ1) is 21.4. The van der Waals surface area contributed by atoms with Crippen LogP contribution in [0, 0.1) is 0 Å². The molecular formula is C24H27NO5. The van der Waals surface area contributed by atoms with Gasteiger partial charge in [-0.2, -0.15) is 0 Å². The number of benzene rings is 2. The number of amides is 2. The first-order valence-corrected chi connectivity index (χ1v) is 9.84. The Balaban J connectivity index is 1.79. The highest BCUT2D eigenvalue weighted by Gasteiger charge is 2.41. The van der Waals surface area contributed by atoms with Crippen LogP contribution in [0.15, 0.2) is 66.4 Å². The van der Waals surface area contributed by atoms with Gasteiger partial charge in [-0.25, -0.2) is 9.69 Å². The number of ether oxygens (including phenoxy) is 3. The van der Waals surface area contributed by atoms with E-state index >= 15 is 0 Å². The molecule has 6 nitrogen and oxygen atoms in total. The van der Waals surface area contributed by atoms with Crippen molar-refractivity contribution in [2.75, 3.05) is 7.11 Å². The van der Waals surface area contributed by atoms with E-state index in [1.54, 1.807) is 27.9 Å². The molecule has 0 aromatic heterocycles. The lowest BCUT2D eigenvalue weighted by atomic mass is 10.0. The number of hydrogen-bond donors (Lipinski definition) is 0. The van der Waals surface area contributed by atoms with Crippen LogP contribution in [0.4, 0.5) is 4.79 Å². The van der Waals surface area contributed by atoms with Crippen LogP contribution in [-0.2, 0) is 27.3 Å². The molecule has 0 radical (unpaired) electrons. The summed E-state index contributed by atoms with van der Waals surface area (Å²) in [6, 6.07) is 16.6. The monoisotopic (exact) mass is 409 g/mol. The van der Waals surface area contributed by atoms with Crippen LogP contribution in [0.3, 0.4) is 0 Å². The van der Waals surface area contributed by atoms with Gasteiger partial charge in [0.1, 0.15) is 29.8 Å². The van der Waals surface area contributed by atoms with Gasteiger partial charge in [-0.3, -0.25) is 4.79 Å². The first-order valence-electron chi connectivity index (χ1n) is 9.84. The van der Waals surface area contributed by atoms with Gasteiger partial charge in [0, 0.05) is 12.5 Å². The third-order valence-electron chi connectivity index (χ3n) is 4.57. The molecule has 0 fully saturated rings. The highest BCUT2D eigenvalue weighted by molar-refractivity contribution is 6.02. The molecule has 0 spiro atoms. The summed E-state index contributed by atoms with van der Waals surface area (Å²) < 4.78 is 16.6. The predicted octanol–water partition coefficient (Wildman–Crippen LogP) is 4.48. The summed E-state index contributed by atoms with van der Waals surface area (Å²) in [5.41, 5.74) is 1.21. The van der Waals surface area contributed by atoms with Gasteiger partial charge in [0.2, 0.25) is 0 Å². The highest BCUT2D eigenvalue weighted by atomic mass is 16.6. The number of carbonyl (C=O) groups excluding carboxylic acids is 2. The largest absolute Gasteiger partial charge is 0.497 e. The van der Waals surface area contributed by atoms with Crippen LogP contribution >= 0.6 is 0 Å². The fourth-order valence-corrected chi connectivity index (χ4v) is 3.15. The molecule has 1 aliphatic heterocycles. The van der Waals surface area contributed by atoms with E-state index in [2.05, 4.69) is 0 Å². The minimum absolute atomic E-state index is 0.274. The van der Waals surface area contributed by atoms with E-state index < -0.39 is 23.6 Å². The SMILES string of the molecule is COc1ccc(COC2=CC(=O)N(C(=O)OC(C)(C)C)[C@H]2Cc2ccccc2)cc1. The Bertz CT molecular complexity index is 913. The molecule has 0 bridgehead atoms. The molecule has 1 atom stereocenters. The molecule has 1 heterocycles. The fraction of sp³-hybridized carbons (Fsp3) is 0.333. The second kappa shape index (κ2) is 9.03. The molecule has 2 amide bonds. The zero-order valence-corrected chi connectivity index (χ0v) is 17.8. The molecule has 2 aromatic carbocycles. The van der Waals surface area contributed by atoms with Crippen molar-refractivity contribution in [3.8, 4) is 5.75 Å². The lowest BCUT2D eigenvalue weighted by molar-refractivity contribution is -0.125. The average Bonchev–Trinajstić information content (AvgIpc) is 3.01. The molecule has 0 unspecified atom stereocenters. The molecule has 0 N–H and O–H groups in total. The van der Waals surface area contributed by atoms with Gasteiger partial charge in [0.25, 0.3) is 5.91 Å². The topological polar surface area (TPSA) is 65.1 Å². The second-order valence-corrected chi connectivity index (χ2v) is 8.08. The third-order valence-corrected chi connectivity index (χ3v) is 4.57. The quantitative estimate of drug-likeness (QED) is 0.704. The zero-order valence-electron chi connectivity index (χ0n) is 17.8. The molecule has 30 heavy (non-hydrogen) atoms. The number of methoxy groups -OCH3 is 1. The Labute approximate surface area is 177 Å². The minimum atomic E-state index is -0.707. The molecule has 2 aromatic rings. The number of rotatable bonds is 6. The van der Waals surface area contributed by atoms with E-state index in [0.717, 1.165) is 21.8 Å². The van der Waals surface area contributed by atoms with Gasteiger partial charge in [-0.1, -0.05) is 42.5 Å². The maximum absolute atomic E-state index is 12.7. The number of nitrogens with zero attached hydrogens (tertiary/aromatic N) is 1. The van der Waals surface area contributed by atoms with Crippen molar-refractivity contribution < 1.29 is 23.8 Å². The van der Waals surface area contributed by atoms with Crippen molar-refractivity contribution in [3.63, 3.8) is 0 Å². The normalized spacial score (nSPS) is 16.3. The van der Waals surface area contributed by atoms with Gasteiger partial charge >= 0.3 is 6.09 Å². The average molecular weight is 409 g/mol. The van der Waals surface area contributed by atoms with Gasteiger partial charge in [-0.05, 0) is 44.0 Å². The summed E-state index contributed by atoms with van der Waals surface area (Å²) in [5, 5.41) is 0. The number of hydrogen-bond acceptors (Lipinski definition) is 5. The lowest BCUT2D eigenvalue weighted by Gasteiger charge is -2.28. The van der Waals surface area contributed by atoms with E-state index in [9.17, 15) is 9.59 Å². The van der Waals surface area contributed by atoms with Crippen molar-refractivity contribution in [1.82, 2.24) is 4.90 Å². The van der Waals surface area contributed by atoms with Crippen molar-refractivity contribution in [3.05, 3.63) is 77.6 Å². The summed E-state index contributed by atoms with van der Waals surface area (Å²) in [7, 11) is 1.61. The molecule has 3 rings (SSSR count). The predicted molar refractivity (Wildman–Crippen MR) is 113 cm³/mol. The van der Waals surface area contributed by atoms with Gasteiger partial charge < -0.3 is 14.2 Å². The molecule has 0 saturated heterocycles. The lowest BCUT2D eigenvalue weighted by Crippen LogP contribution is -2.44. The molecule has 1 aliphatic rings. The summed E-state index contributed by atoms with van der Waals surface area (Å²) in [5.74, 6) is 0.771. The minimum Gasteiger partial charge on any atom is -0.497 e. The van der Waals surface area contributed by atoms with Crippen LogP contribution in [0.2, 0.25) is 0 Å². The Kier molecular flexibility index (Phi) is 6.45.